The van der Waals surface area contributed by atoms with Gasteiger partial charge in [0.1, 0.15) is 24.2 Å². The lowest BCUT2D eigenvalue weighted by Crippen LogP contribution is -2.35. The van der Waals surface area contributed by atoms with Crippen LogP contribution in [0.4, 0.5) is 0 Å². The third-order valence-electron chi connectivity index (χ3n) is 5.05. The Balaban J connectivity index is 1.66. The number of hydrogen-bond donors (Lipinski definition) is 1. The second-order valence-electron chi connectivity index (χ2n) is 7.74. The van der Waals surface area contributed by atoms with Gasteiger partial charge in [-0.3, -0.25) is 4.90 Å². The van der Waals surface area contributed by atoms with Crippen LogP contribution in [-0.2, 0) is 13.1 Å². The van der Waals surface area contributed by atoms with Crippen LogP contribution in [0.3, 0.4) is 0 Å². The van der Waals surface area contributed by atoms with Gasteiger partial charge in [0.2, 0.25) is 0 Å². The Morgan fingerprint density at radius 2 is 1.60 bits per heavy atom. The Kier molecular flexibility index (Phi) is 7.89. The summed E-state index contributed by atoms with van der Waals surface area (Å²) in [7, 11) is 1.67. The summed E-state index contributed by atoms with van der Waals surface area (Å²) >= 11 is 0. The molecule has 0 aromatic heterocycles. The first kappa shape index (κ1) is 21.9. The molecule has 1 N–H and O–H groups in total. The third kappa shape index (κ3) is 6.61. The molecular formula is C26H31NO3. The first-order valence-electron chi connectivity index (χ1n) is 10.3. The summed E-state index contributed by atoms with van der Waals surface area (Å²) in [6, 6.07) is 24.4. The lowest BCUT2D eigenvalue weighted by molar-refractivity contribution is 0.0626. The molecule has 3 aromatic rings. The standard InChI is InChI=1S/C26H31NO3/c1-20-7-6-9-23(15-20)17-27(16-22-11-13-25(29-3)14-12-22)18-24(28)19-30-26-10-5-4-8-21(26)2/h4-15,24,28H,16-19H2,1-3H3. The Morgan fingerprint density at radius 3 is 2.30 bits per heavy atom. The van der Waals surface area contributed by atoms with Crippen LogP contribution >= 0.6 is 0 Å². The molecule has 0 amide bonds. The summed E-state index contributed by atoms with van der Waals surface area (Å²) in [5, 5.41) is 10.7. The van der Waals surface area contributed by atoms with Crippen molar-refractivity contribution >= 4 is 0 Å². The van der Waals surface area contributed by atoms with Crippen molar-refractivity contribution in [2.75, 3.05) is 20.3 Å². The summed E-state index contributed by atoms with van der Waals surface area (Å²) in [4.78, 5) is 2.25. The maximum Gasteiger partial charge on any atom is 0.122 e. The van der Waals surface area contributed by atoms with Gasteiger partial charge in [-0.25, -0.2) is 0 Å². The smallest absolute Gasteiger partial charge is 0.122 e. The summed E-state index contributed by atoms with van der Waals surface area (Å²) in [6.07, 6.45) is -0.590. The average Bonchev–Trinajstić information content (AvgIpc) is 2.74. The molecule has 3 rings (SSSR count). The zero-order valence-electron chi connectivity index (χ0n) is 18.0. The maximum absolute atomic E-state index is 10.7. The molecule has 0 aliphatic heterocycles. The van der Waals surface area contributed by atoms with Crippen LogP contribution in [0, 0.1) is 13.8 Å². The van der Waals surface area contributed by atoms with Gasteiger partial charge in [-0.15, -0.1) is 0 Å². The molecule has 3 aromatic carbocycles. The fourth-order valence-electron chi connectivity index (χ4n) is 3.50. The number of rotatable bonds is 10. The second kappa shape index (κ2) is 10.8. The van der Waals surface area contributed by atoms with Gasteiger partial charge in [0, 0.05) is 19.6 Å². The van der Waals surface area contributed by atoms with Gasteiger partial charge in [0.05, 0.1) is 7.11 Å². The lowest BCUT2D eigenvalue weighted by Gasteiger charge is -2.26. The van der Waals surface area contributed by atoms with E-state index < -0.39 is 6.10 Å². The zero-order valence-corrected chi connectivity index (χ0v) is 18.0. The maximum atomic E-state index is 10.7. The summed E-state index contributed by atoms with van der Waals surface area (Å²) in [5.41, 5.74) is 4.71. The second-order valence-corrected chi connectivity index (χ2v) is 7.74. The van der Waals surface area contributed by atoms with Crippen LogP contribution in [0.25, 0.3) is 0 Å². The Morgan fingerprint density at radius 1 is 0.867 bits per heavy atom. The highest BCUT2D eigenvalue weighted by molar-refractivity contribution is 5.31. The van der Waals surface area contributed by atoms with Crippen molar-refractivity contribution in [1.82, 2.24) is 4.90 Å². The summed E-state index contributed by atoms with van der Waals surface area (Å²) in [6.45, 7) is 6.38. The van der Waals surface area contributed by atoms with Crippen molar-refractivity contribution in [2.24, 2.45) is 0 Å². The Bertz CT molecular complexity index is 924. The van der Waals surface area contributed by atoms with Crippen LogP contribution < -0.4 is 9.47 Å². The number of para-hydroxylation sites is 1. The minimum absolute atomic E-state index is 0.262. The monoisotopic (exact) mass is 405 g/mol. The van der Waals surface area contributed by atoms with Gasteiger partial charge >= 0.3 is 0 Å². The number of aliphatic hydroxyl groups excluding tert-OH is 1. The molecule has 158 valence electrons. The van der Waals surface area contributed by atoms with E-state index in [1.54, 1.807) is 7.11 Å². The van der Waals surface area contributed by atoms with E-state index in [-0.39, 0.29) is 6.61 Å². The van der Waals surface area contributed by atoms with E-state index in [1.165, 1.54) is 16.7 Å². The lowest BCUT2D eigenvalue weighted by atomic mass is 10.1. The molecule has 0 heterocycles. The molecule has 4 nitrogen and oxygen atoms in total. The van der Waals surface area contributed by atoms with Crippen molar-refractivity contribution in [1.29, 1.82) is 0 Å². The van der Waals surface area contributed by atoms with Crippen molar-refractivity contribution in [3.8, 4) is 11.5 Å². The van der Waals surface area contributed by atoms with E-state index in [9.17, 15) is 5.11 Å². The Hall–Kier alpha value is -2.82. The number of methoxy groups -OCH3 is 1. The van der Waals surface area contributed by atoms with Crippen LogP contribution in [0.15, 0.2) is 72.8 Å². The molecule has 0 radical (unpaired) electrons. The van der Waals surface area contributed by atoms with Crippen molar-refractivity contribution in [2.45, 2.75) is 33.0 Å². The van der Waals surface area contributed by atoms with Crippen molar-refractivity contribution in [3.63, 3.8) is 0 Å². The first-order valence-corrected chi connectivity index (χ1v) is 10.3. The minimum atomic E-state index is -0.590. The van der Waals surface area contributed by atoms with Crippen molar-refractivity contribution < 1.29 is 14.6 Å². The largest absolute Gasteiger partial charge is 0.497 e. The average molecular weight is 406 g/mol. The number of hydrogen-bond acceptors (Lipinski definition) is 4. The quantitative estimate of drug-likeness (QED) is 0.528. The summed E-state index contributed by atoms with van der Waals surface area (Å²) in [5.74, 6) is 1.66. The van der Waals surface area contributed by atoms with Gasteiger partial charge in [-0.05, 0) is 48.7 Å². The van der Waals surface area contributed by atoms with Gasteiger partial charge in [-0.1, -0.05) is 60.2 Å². The highest BCUT2D eigenvalue weighted by Gasteiger charge is 2.15. The molecule has 0 saturated heterocycles. The first-order chi connectivity index (χ1) is 14.5. The highest BCUT2D eigenvalue weighted by atomic mass is 16.5. The zero-order chi connectivity index (χ0) is 21.3. The van der Waals surface area contributed by atoms with Gasteiger partial charge in [0.25, 0.3) is 0 Å². The molecule has 1 atom stereocenters. The van der Waals surface area contributed by atoms with Crippen LogP contribution in [-0.4, -0.2) is 36.4 Å². The topological polar surface area (TPSA) is 41.9 Å². The minimum Gasteiger partial charge on any atom is -0.497 e. The molecule has 0 aliphatic carbocycles. The highest BCUT2D eigenvalue weighted by Crippen LogP contribution is 2.18. The van der Waals surface area contributed by atoms with E-state index in [2.05, 4.69) is 48.2 Å². The molecule has 4 heteroatoms. The van der Waals surface area contributed by atoms with Gasteiger partial charge < -0.3 is 14.6 Å². The van der Waals surface area contributed by atoms with Crippen LogP contribution in [0.2, 0.25) is 0 Å². The van der Waals surface area contributed by atoms with Crippen LogP contribution in [0.1, 0.15) is 22.3 Å². The molecular weight excluding hydrogens is 374 g/mol. The van der Waals surface area contributed by atoms with Gasteiger partial charge in [0.15, 0.2) is 0 Å². The number of ether oxygens (including phenoxy) is 2. The summed E-state index contributed by atoms with van der Waals surface area (Å²) < 4.78 is 11.1. The van der Waals surface area contributed by atoms with E-state index in [0.717, 1.165) is 30.2 Å². The molecule has 0 saturated carbocycles. The van der Waals surface area contributed by atoms with E-state index in [0.29, 0.717) is 6.54 Å². The predicted molar refractivity (Wildman–Crippen MR) is 121 cm³/mol. The molecule has 0 bridgehead atoms. The third-order valence-corrected chi connectivity index (χ3v) is 5.05. The van der Waals surface area contributed by atoms with Gasteiger partial charge in [-0.2, -0.15) is 0 Å². The fraction of sp³-hybridized carbons (Fsp3) is 0.308. The molecule has 0 spiro atoms. The SMILES string of the molecule is COc1ccc(CN(Cc2cccc(C)c2)CC(O)COc2ccccc2C)cc1. The van der Waals surface area contributed by atoms with E-state index in [4.69, 9.17) is 9.47 Å². The number of aliphatic hydroxyl groups is 1. The Labute approximate surface area is 179 Å². The van der Waals surface area contributed by atoms with Crippen molar-refractivity contribution in [3.05, 3.63) is 95.1 Å². The van der Waals surface area contributed by atoms with Crippen LogP contribution in [0.5, 0.6) is 11.5 Å². The predicted octanol–water partition coefficient (Wildman–Crippen LogP) is 4.75. The molecule has 0 aliphatic rings. The normalized spacial score (nSPS) is 12.0. The fourth-order valence-corrected chi connectivity index (χ4v) is 3.50. The molecule has 30 heavy (non-hydrogen) atoms. The number of benzene rings is 3. The molecule has 0 fully saturated rings. The van der Waals surface area contributed by atoms with E-state index >= 15 is 0 Å². The number of aryl methyl sites for hydroxylation is 2. The van der Waals surface area contributed by atoms with E-state index in [1.807, 2.05) is 43.3 Å². The molecule has 1 unspecified atom stereocenters. The number of nitrogens with zero attached hydrogens (tertiary/aromatic N) is 1.